The maximum Gasteiger partial charge on any atom is 0.127 e. The van der Waals surface area contributed by atoms with E-state index in [2.05, 4.69) is 11.9 Å². The van der Waals surface area contributed by atoms with Crippen molar-refractivity contribution in [3.05, 3.63) is 47.8 Å². The van der Waals surface area contributed by atoms with E-state index in [1.165, 1.54) is 6.07 Å². The minimum absolute atomic E-state index is 0.0212. The molecular formula is C12H16FN. The molecule has 0 bridgehead atoms. The van der Waals surface area contributed by atoms with Gasteiger partial charge in [0.15, 0.2) is 0 Å². The summed E-state index contributed by atoms with van der Waals surface area (Å²) in [5.74, 6) is -0.158. The van der Waals surface area contributed by atoms with Crippen molar-refractivity contribution in [1.29, 1.82) is 0 Å². The zero-order chi connectivity index (χ0) is 10.6. The lowest BCUT2D eigenvalue weighted by Gasteiger charge is -2.14. The molecule has 0 aromatic heterocycles. The van der Waals surface area contributed by atoms with Crippen LogP contribution in [0.5, 0.6) is 0 Å². The van der Waals surface area contributed by atoms with E-state index in [0.717, 1.165) is 12.1 Å². The topological polar surface area (TPSA) is 12.0 Å². The maximum absolute atomic E-state index is 13.3. The third-order valence-corrected chi connectivity index (χ3v) is 2.08. The molecule has 0 radical (unpaired) electrons. The summed E-state index contributed by atoms with van der Waals surface area (Å²) in [4.78, 5) is 0. The molecule has 0 saturated carbocycles. The second-order valence-electron chi connectivity index (χ2n) is 3.58. The van der Waals surface area contributed by atoms with Gasteiger partial charge in [-0.1, -0.05) is 30.4 Å². The summed E-state index contributed by atoms with van der Waals surface area (Å²) >= 11 is 0. The van der Waals surface area contributed by atoms with Gasteiger partial charge in [-0.2, -0.15) is 0 Å². The number of rotatable bonds is 4. The average Bonchev–Trinajstić information content (AvgIpc) is 2.15. The summed E-state index contributed by atoms with van der Waals surface area (Å²) in [6.45, 7) is 8.40. The second kappa shape index (κ2) is 4.91. The Bertz CT molecular complexity index is 320. The minimum atomic E-state index is -0.158. The molecule has 1 nitrogen and oxygen atoms in total. The minimum Gasteiger partial charge on any atom is -0.306 e. The highest BCUT2D eigenvalue weighted by Crippen LogP contribution is 2.15. The van der Waals surface area contributed by atoms with Gasteiger partial charge in [0.1, 0.15) is 5.82 Å². The number of halogens is 1. The van der Waals surface area contributed by atoms with E-state index in [9.17, 15) is 4.39 Å². The lowest BCUT2D eigenvalue weighted by molar-refractivity contribution is 0.545. The molecule has 76 valence electrons. The van der Waals surface area contributed by atoms with Gasteiger partial charge >= 0.3 is 0 Å². The number of hydrogen-bond donors (Lipinski definition) is 1. The zero-order valence-electron chi connectivity index (χ0n) is 8.68. The Morgan fingerprint density at radius 1 is 1.50 bits per heavy atom. The van der Waals surface area contributed by atoms with Crippen LogP contribution in [-0.4, -0.2) is 6.54 Å². The largest absolute Gasteiger partial charge is 0.306 e. The van der Waals surface area contributed by atoms with Gasteiger partial charge < -0.3 is 5.32 Å². The van der Waals surface area contributed by atoms with E-state index in [1.807, 2.05) is 19.9 Å². The van der Waals surface area contributed by atoms with Gasteiger partial charge in [0, 0.05) is 18.2 Å². The van der Waals surface area contributed by atoms with Crippen molar-refractivity contribution in [3.63, 3.8) is 0 Å². The zero-order valence-corrected chi connectivity index (χ0v) is 8.68. The Kier molecular flexibility index (Phi) is 3.84. The van der Waals surface area contributed by atoms with Gasteiger partial charge in [-0.15, -0.1) is 0 Å². The van der Waals surface area contributed by atoms with Gasteiger partial charge in [-0.25, -0.2) is 4.39 Å². The molecule has 0 fully saturated rings. The predicted octanol–water partition coefficient (Wildman–Crippen LogP) is 3.05. The molecule has 0 amide bonds. The Hall–Kier alpha value is -1.15. The Labute approximate surface area is 84.6 Å². The van der Waals surface area contributed by atoms with E-state index in [0.29, 0.717) is 5.56 Å². The van der Waals surface area contributed by atoms with Crippen LogP contribution in [0.4, 0.5) is 4.39 Å². The fraction of sp³-hybridized carbons (Fsp3) is 0.333. The summed E-state index contributed by atoms with van der Waals surface area (Å²) in [7, 11) is 0. The van der Waals surface area contributed by atoms with Crippen LogP contribution in [0.2, 0.25) is 0 Å². The maximum atomic E-state index is 13.3. The summed E-state index contributed by atoms with van der Waals surface area (Å²) in [5.41, 5.74) is 1.75. The van der Waals surface area contributed by atoms with Crippen LogP contribution in [0, 0.1) is 5.82 Å². The number of hydrogen-bond acceptors (Lipinski definition) is 1. The third kappa shape index (κ3) is 2.96. The van der Waals surface area contributed by atoms with E-state index >= 15 is 0 Å². The molecule has 1 aromatic rings. The van der Waals surface area contributed by atoms with Crippen molar-refractivity contribution in [3.8, 4) is 0 Å². The fourth-order valence-corrected chi connectivity index (χ4v) is 1.26. The van der Waals surface area contributed by atoms with Gasteiger partial charge in [0.2, 0.25) is 0 Å². The van der Waals surface area contributed by atoms with Crippen molar-refractivity contribution in [2.24, 2.45) is 0 Å². The first-order chi connectivity index (χ1) is 6.61. The first-order valence-corrected chi connectivity index (χ1v) is 4.73. The van der Waals surface area contributed by atoms with Crippen LogP contribution in [0.1, 0.15) is 25.5 Å². The van der Waals surface area contributed by atoms with E-state index < -0.39 is 0 Å². The van der Waals surface area contributed by atoms with Crippen LogP contribution < -0.4 is 5.32 Å². The lowest BCUT2D eigenvalue weighted by Crippen LogP contribution is -2.21. The van der Waals surface area contributed by atoms with Crippen molar-refractivity contribution in [2.45, 2.75) is 19.9 Å². The van der Waals surface area contributed by atoms with Gasteiger partial charge in [-0.3, -0.25) is 0 Å². The molecule has 0 heterocycles. The molecule has 0 unspecified atom stereocenters. The second-order valence-corrected chi connectivity index (χ2v) is 3.58. The van der Waals surface area contributed by atoms with Crippen LogP contribution in [-0.2, 0) is 0 Å². The van der Waals surface area contributed by atoms with Crippen molar-refractivity contribution in [2.75, 3.05) is 6.54 Å². The monoisotopic (exact) mass is 193 g/mol. The van der Waals surface area contributed by atoms with Crippen LogP contribution >= 0.6 is 0 Å². The molecule has 0 saturated heterocycles. The lowest BCUT2D eigenvalue weighted by atomic mass is 10.1. The van der Waals surface area contributed by atoms with Crippen LogP contribution in [0.3, 0.4) is 0 Å². The molecule has 1 aromatic carbocycles. The van der Waals surface area contributed by atoms with Crippen LogP contribution in [0.15, 0.2) is 36.4 Å². The molecule has 1 N–H and O–H groups in total. The average molecular weight is 193 g/mol. The molecule has 0 aliphatic carbocycles. The summed E-state index contributed by atoms with van der Waals surface area (Å²) in [6, 6.07) is 6.84. The van der Waals surface area contributed by atoms with Crippen molar-refractivity contribution < 1.29 is 4.39 Å². The Balaban J connectivity index is 2.65. The van der Waals surface area contributed by atoms with Crippen LogP contribution in [0.25, 0.3) is 0 Å². The standard InChI is InChI=1S/C12H16FN/c1-9(2)8-14-10(3)11-6-4-5-7-12(11)13/h4-7,10,14H,1,8H2,2-3H3/t10-/m1/s1. The van der Waals surface area contributed by atoms with Gasteiger partial charge in [0.25, 0.3) is 0 Å². The van der Waals surface area contributed by atoms with Gasteiger partial charge in [-0.05, 0) is 19.9 Å². The Morgan fingerprint density at radius 2 is 2.14 bits per heavy atom. The smallest absolute Gasteiger partial charge is 0.127 e. The van der Waals surface area contributed by atoms with E-state index in [-0.39, 0.29) is 11.9 Å². The van der Waals surface area contributed by atoms with Crippen molar-refractivity contribution in [1.82, 2.24) is 5.32 Å². The Morgan fingerprint density at radius 3 is 2.71 bits per heavy atom. The first kappa shape index (κ1) is 10.9. The third-order valence-electron chi connectivity index (χ3n) is 2.08. The molecule has 0 aliphatic heterocycles. The summed E-state index contributed by atoms with van der Waals surface area (Å²) < 4.78 is 13.3. The predicted molar refractivity (Wildman–Crippen MR) is 57.6 cm³/mol. The summed E-state index contributed by atoms with van der Waals surface area (Å²) in [5, 5.41) is 3.20. The SMILES string of the molecule is C=C(C)CN[C@H](C)c1ccccc1F. The summed E-state index contributed by atoms with van der Waals surface area (Å²) in [6.07, 6.45) is 0. The highest BCUT2D eigenvalue weighted by molar-refractivity contribution is 5.20. The number of benzene rings is 1. The van der Waals surface area contributed by atoms with E-state index in [4.69, 9.17) is 0 Å². The molecule has 0 aliphatic rings. The quantitative estimate of drug-likeness (QED) is 0.725. The fourth-order valence-electron chi connectivity index (χ4n) is 1.26. The molecular weight excluding hydrogens is 177 g/mol. The molecule has 0 spiro atoms. The first-order valence-electron chi connectivity index (χ1n) is 4.73. The normalized spacial score (nSPS) is 12.5. The highest BCUT2D eigenvalue weighted by Gasteiger charge is 2.08. The molecule has 2 heteroatoms. The molecule has 1 atom stereocenters. The van der Waals surface area contributed by atoms with Gasteiger partial charge in [0.05, 0.1) is 0 Å². The number of nitrogens with one attached hydrogen (secondary N) is 1. The highest BCUT2D eigenvalue weighted by atomic mass is 19.1. The van der Waals surface area contributed by atoms with E-state index in [1.54, 1.807) is 12.1 Å². The molecule has 14 heavy (non-hydrogen) atoms. The molecule has 1 rings (SSSR count). The van der Waals surface area contributed by atoms with Crippen molar-refractivity contribution >= 4 is 0 Å².